The molecular weight excluding hydrogens is 260 g/mol. The first-order valence-electron chi connectivity index (χ1n) is 7.86. The van der Waals surface area contributed by atoms with Crippen LogP contribution in [0.15, 0.2) is 42.5 Å². The van der Waals surface area contributed by atoms with Gasteiger partial charge in [0.15, 0.2) is 0 Å². The van der Waals surface area contributed by atoms with E-state index in [2.05, 4.69) is 59.6 Å². The van der Waals surface area contributed by atoms with Gasteiger partial charge in [0.25, 0.3) is 0 Å². The third-order valence-corrected chi connectivity index (χ3v) is 4.27. The van der Waals surface area contributed by atoms with E-state index in [1.54, 1.807) is 0 Å². The first kappa shape index (κ1) is 14.5. The van der Waals surface area contributed by atoms with Gasteiger partial charge in [-0.3, -0.25) is 4.90 Å². The summed E-state index contributed by atoms with van der Waals surface area (Å²) >= 11 is 0. The van der Waals surface area contributed by atoms with Crippen molar-refractivity contribution in [2.45, 2.75) is 13.0 Å². The maximum Gasteiger partial charge on any atom is 0.0594 e. The minimum atomic E-state index is 0.372. The van der Waals surface area contributed by atoms with Gasteiger partial charge in [-0.2, -0.15) is 0 Å². The van der Waals surface area contributed by atoms with Crippen molar-refractivity contribution < 1.29 is 4.74 Å². The van der Waals surface area contributed by atoms with Crippen molar-refractivity contribution in [3.8, 4) is 0 Å². The zero-order valence-electron chi connectivity index (χ0n) is 12.7. The zero-order valence-corrected chi connectivity index (χ0v) is 12.7. The van der Waals surface area contributed by atoms with Crippen molar-refractivity contribution in [3.05, 3.63) is 48.0 Å². The summed E-state index contributed by atoms with van der Waals surface area (Å²) in [5, 5.41) is 6.33. The van der Waals surface area contributed by atoms with Crippen LogP contribution in [-0.2, 0) is 4.74 Å². The van der Waals surface area contributed by atoms with Crippen LogP contribution in [-0.4, -0.2) is 44.3 Å². The Hall–Kier alpha value is -1.42. The van der Waals surface area contributed by atoms with Crippen molar-refractivity contribution in [2.24, 2.45) is 0 Å². The quantitative estimate of drug-likeness (QED) is 0.914. The standard InChI is InChI=1S/C18H24N2O/c1-15(19-9-10-20-11-13-21-14-12-20)17-8-4-6-16-5-2-3-7-18(16)17/h2-8,15,19H,9-14H2,1H3. The van der Waals surface area contributed by atoms with Gasteiger partial charge in [-0.15, -0.1) is 0 Å². The molecule has 1 unspecified atom stereocenters. The largest absolute Gasteiger partial charge is 0.379 e. The van der Waals surface area contributed by atoms with Crippen molar-refractivity contribution in [1.29, 1.82) is 0 Å². The van der Waals surface area contributed by atoms with E-state index < -0.39 is 0 Å². The smallest absolute Gasteiger partial charge is 0.0594 e. The number of nitrogens with one attached hydrogen (secondary N) is 1. The maximum absolute atomic E-state index is 5.38. The first-order valence-corrected chi connectivity index (χ1v) is 7.86. The Morgan fingerprint density at radius 3 is 2.71 bits per heavy atom. The minimum Gasteiger partial charge on any atom is -0.379 e. The molecule has 2 aromatic carbocycles. The summed E-state index contributed by atoms with van der Waals surface area (Å²) in [6.45, 7) is 8.23. The van der Waals surface area contributed by atoms with Crippen LogP contribution >= 0.6 is 0 Å². The fraction of sp³-hybridized carbons (Fsp3) is 0.444. The lowest BCUT2D eigenvalue weighted by atomic mass is 10.00. The fourth-order valence-corrected chi connectivity index (χ4v) is 3.00. The van der Waals surface area contributed by atoms with Gasteiger partial charge in [-0.05, 0) is 23.3 Å². The van der Waals surface area contributed by atoms with Crippen molar-refractivity contribution in [1.82, 2.24) is 10.2 Å². The molecular formula is C18H24N2O. The van der Waals surface area contributed by atoms with E-state index in [0.29, 0.717) is 6.04 Å². The molecule has 1 N–H and O–H groups in total. The Morgan fingerprint density at radius 1 is 1.10 bits per heavy atom. The molecule has 3 nitrogen and oxygen atoms in total. The Kier molecular flexibility index (Phi) is 4.86. The van der Waals surface area contributed by atoms with E-state index in [1.807, 2.05) is 0 Å². The highest BCUT2D eigenvalue weighted by molar-refractivity contribution is 5.86. The molecule has 1 atom stereocenters. The molecule has 0 radical (unpaired) electrons. The lowest BCUT2D eigenvalue weighted by Crippen LogP contribution is -2.40. The number of nitrogens with zero attached hydrogens (tertiary/aromatic N) is 1. The maximum atomic E-state index is 5.38. The number of fused-ring (bicyclic) bond motifs is 1. The predicted octanol–water partition coefficient (Wildman–Crippen LogP) is 2.82. The van der Waals surface area contributed by atoms with Crippen molar-refractivity contribution >= 4 is 10.8 Å². The summed E-state index contributed by atoms with van der Waals surface area (Å²) in [5.41, 5.74) is 1.38. The third kappa shape index (κ3) is 3.62. The van der Waals surface area contributed by atoms with Crippen molar-refractivity contribution in [2.75, 3.05) is 39.4 Å². The Morgan fingerprint density at radius 2 is 1.86 bits per heavy atom. The average molecular weight is 284 g/mol. The Balaban J connectivity index is 1.60. The van der Waals surface area contributed by atoms with Crippen LogP contribution in [0, 0.1) is 0 Å². The molecule has 1 aliphatic rings. The molecule has 0 amide bonds. The summed E-state index contributed by atoms with van der Waals surface area (Å²) in [4.78, 5) is 2.46. The molecule has 0 saturated carbocycles. The molecule has 21 heavy (non-hydrogen) atoms. The van der Waals surface area contributed by atoms with Gasteiger partial charge in [0.2, 0.25) is 0 Å². The highest BCUT2D eigenvalue weighted by Crippen LogP contribution is 2.23. The van der Waals surface area contributed by atoms with E-state index in [-0.39, 0.29) is 0 Å². The Labute approximate surface area is 126 Å². The van der Waals surface area contributed by atoms with E-state index in [0.717, 1.165) is 39.4 Å². The molecule has 0 spiro atoms. The lowest BCUT2D eigenvalue weighted by Gasteiger charge is -2.27. The summed E-state index contributed by atoms with van der Waals surface area (Å²) in [6.07, 6.45) is 0. The SMILES string of the molecule is CC(NCCN1CCOCC1)c1cccc2ccccc12. The zero-order chi connectivity index (χ0) is 14.5. The molecule has 1 aliphatic heterocycles. The van der Waals surface area contributed by atoms with Crippen molar-refractivity contribution in [3.63, 3.8) is 0 Å². The minimum absolute atomic E-state index is 0.372. The van der Waals surface area contributed by atoms with Gasteiger partial charge >= 0.3 is 0 Å². The molecule has 1 heterocycles. The molecule has 0 aromatic heterocycles. The second-order valence-corrected chi connectivity index (χ2v) is 5.70. The first-order chi connectivity index (χ1) is 10.3. The molecule has 1 saturated heterocycles. The fourth-order valence-electron chi connectivity index (χ4n) is 3.00. The molecule has 1 fully saturated rings. The van der Waals surface area contributed by atoms with E-state index in [4.69, 9.17) is 4.74 Å². The number of ether oxygens (including phenoxy) is 1. The van der Waals surface area contributed by atoms with Crippen LogP contribution in [0.2, 0.25) is 0 Å². The van der Waals surface area contributed by atoms with E-state index in [1.165, 1.54) is 16.3 Å². The summed E-state index contributed by atoms with van der Waals surface area (Å²) < 4.78 is 5.38. The molecule has 2 aromatic rings. The predicted molar refractivity (Wildman–Crippen MR) is 87.6 cm³/mol. The van der Waals surface area contributed by atoms with E-state index in [9.17, 15) is 0 Å². The average Bonchev–Trinajstić information content (AvgIpc) is 2.55. The van der Waals surface area contributed by atoms with Gasteiger partial charge in [0.1, 0.15) is 0 Å². The molecule has 0 bridgehead atoms. The highest BCUT2D eigenvalue weighted by atomic mass is 16.5. The summed E-state index contributed by atoms with van der Waals surface area (Å²) in [6, 6.07) is 15.5. The number of morpholine rings is 1. The van der Waals surface area contributed by atoms with Gasteiger partial charge in [0.05, 0.1) is 13.2 Å². The van der Waals surface area contributed by atoms with Gasteiger partial charge in [0, 0.05) is 32.2 Å². The molecule has 112 valence electrons. The highest BCUT2D eigenvalue weighted by Gasteiger charge is 2.11. The molecule has 3 heteroatoms. The third-order valence-electron chi connectivity index (χ3n) is 4.27. The van der Waals surface area contributed by atoms with Gasteiger partial charge in [-0.1, -0.05) is 42.5 Å². The lowest BCUT2D eigenvalue weighted by molar-refractivity contribution is 0.0382. The second-order valence-electron chi connectivity index (χ2n) is 5.70. The second kappa shape index (κ2) is 7.03. The summed E-state index contributed by atoms with van der Waals surface area (Å²) in [5.74, 6) is 0. The number of benzene rings is 2. The van der Waals surface area contributed by atoms with Crippen LogP contribution in [0.4, 0.5) is 0 Å². The normalized spacial score (nSPS) is 18.0. The number of hydrogen-bond acceptors (Lipinski definition) is 3. The number of rotatable bonds is 5. The van der Waals surface area contributed by atoms with Crippen LogP contribution in [0.25, 0.3) is 10.8 Å². The van der Waals surface area contributed by atoms with Crippen LogP contribution in [0.5, 0.6) is 0 Å². The van der Waals surface area contributed by atoms with Gasteiger partial charge in [-0.25, -0.2) is 0 Å². The van der Waals surface area contributed by atoms with Crippen LogP contribution < -0.4 is 5.32 Å². The monoisotopic (exact) mass is 284 g/mol. The topological polar surface area (TPSA) is 24.5 Å². The van der Waals surface area contributed by atoms with Gasteiger partial charge < -0.3 is 10.1 Å². The molecule has 3 rings (SSSR count). The molecule has 0 aliphatic carbocycles. The Bertz CT molecular complexity index is 573. The van der Waals surface area contributed by atoms with Crippen LogP contribution in [0.3, 0.4) is 0 Å². The number of hydrogen-bond donors (Lipinski definition) is 1. The summed E-state index contributed by atoms with van der Waals surface area (Å²) in [7, 11) is 0. The van der Waals surface area contributed by atoms with Crippen LogP contribution in [0.1, 0.15) is 18.5 Å². The van der Waals surface area contributed by atoms with E-state index >= 15 is 0 Å².